The number of hydrogen-bond donors (Lipinski definition) is 2. The van der Waals surface area contributed by atoms with Gasteiger partial charge in [-0.1, -0.05) is 38.1 Å². The maximum Gasteiger partial charge on any atom is 0.303 e. The first-order valence-corrected chi connectivity index (χ1v) is 17.6. The summed E-state index contributed by atoms with van der Waals surface area (Å²) < 4.78 is 71.9. The summed E-state index contributed by atoms with van der Waals surface area (Å²) in [6, 6.07) is 12.5. The number of aromatic amines is 1. The van der Waals surface area contributed by atoms with Crippen molar-refractivity contribution in [2.45, 2.75) is 45.4 Å². The second-order valence-corrected chi connectivity index (χ2v) is 15.7. The van der Waals surface area contributed by atoms with Gasteiger partial charge in [-0.05, 0) is 49.1 Å². The molecule has 3 heterocycles. The van der Waals surface area contributed by atoms with E-state index in [-0.39, 0.29) is 66.0 Å². The van der Waals surface area contributed by atoms with Crippen molar-refractivity contribution < 1.29 is 36.6 Å². The van der Waals surface area contributed by atoms with Crippen LogP contribution in [0.25, 0.3) is 22.4 Å². The number of aromatic nitrogens is 5. The number of aryl methyl sites for hydroxylation is 3. The number of carbonyl (C=O) groups is 1. The lowest BCUT2D eigenvalue weighted by Gasteiger charge is -2.31. The second kappa shape index (κ2) is 13.0. The molecule has 0 amide bonds. The zero-order valence-corrected chi connectivity index (χ0v) is 28.4. The van der Waals surface area contributed by atoms with Crippen LogP contribution >= 0.6 is 0 Å². The van der Waals surface area contributed by atoms with Crippen LogP contribution in [0.2, 0.25) is 0 Å². The van der Waals surface area contributed by atoms with E-state index in [4.69, 9.17) is 19.6 Å². The summed E-state index contributed by atoms with van der Waals surface area (Å²) >= 11 is 0. The van der Waals surface area contributed by atoms with Crippen molar-refractivity contribution >= 4 is 26.8 Å². The highest BCUT2D eigenvalue weighted by Crippen LogP contribution is 2.38. The number of nitrogens with zero attached hydrogens (tertiary/aromatic N) is 4. The van der Waals surface area contributed by atoms with Gasteiger partial charge in [0.05, 0.1) is 53.1 Å². The molecule has 1 unspecified atom stereocenters. The summed E-state index contributed by atoms with van der Waals surface area (Å²) in [6.45, 7) is 5.56. The lowest BCUT2D eigenvalue weighted by atomic mass is 9.81. The molecule has 0 fully saturated rings. The molecular formula is C35H37F2N5O6S. The Morgan fingerprint density at radius 3 is 2.65 bits per heavy atom. The largest absolute Gasteiger partial charge is 0.481 e. The van der Waals surface area contributed by atoms with Crippen LogP contribution in [0, 0.1) is 17.0 Å². The maximum atomic E-state index is 15.6. The summed E-state index contributed by atoms with van der Waals surface area (Å²) in [6.07, 6.45) is 1.57. The first-order valence-electron chi connectivity index (χ1n) is 15.8. The quantitative estimate of drug-likeness (QED) is 0.239. The second-order valence-electron chi connectivity index (χ2n) is 13.5. The van der Waals surface area contributed by atoms with Crippen LogP contribution in [0.15, 0.2) is 54.9 Å². The van der Waals surface area contributed by atoms with E-state index in [1.807, 2.05) is 31.2 Å². The summed E-state index contributed by atoms with van der Waals surface area (Å²) in [5.41, 5.74) is 0.761. The van der Waals surface area contributed by atoms with Crippen LogP contribution in [0.5, 0.6) is 11.5 Å². The van der Waals surface area contributed by atoms with E-state index in [0.29, 0.717) is 23.3 Å². The summed E-state index contributed by atoms with van der Waals surface area (Å²) in [5.74, 6) is -2.40. The van der Waals surface area contributed by atoms with Crippen molar-refractivity contribution in [3.63, 3.8) is 0 Å². The number of ether oxygens (including phenoxy) is 2. The molecule has 1 aliphatic rings. The van der Waals surface area contributed by atoms with Crippen molar-refractivity contribution in [2.75, 3.05) is 24.7 Å². The van der Waals surface area contributed by atoms with E-state index in [1.165, 1.54) is 35.3 Å². The minimum Gasteiger partial charge on any atom is -0.481 e. The monoisotopic (exact) mass is 693 g/mol. The van der Waals surface area contributed by atoms with Gasteiger partial charge in [-0.15, -0.1) is 0 Å². The number of fused-ring (bicyclic) bond motifs is 8. The molecule has 49 heavy (non-hydrogen) atoms. The maximum absolute atomic E-state index is 15.6. The predicted octanol–water partition coefficient (Wildman–Crippen LogP) is 5.77. The van der Waals surface area contributed by atoms with Crippen molar-refractivity contribution in [1.82, 2.24) is 24.7 Å². The number of nitrogens with one attached hydrogen (secondary N) is 1. The smallest absolute Gasteiger partial charge is 0.303 e. The van der Waals surface area contributed by atoms with Crippen LogP contribution in [-0.2, 0) is 44.7 Å². The Morgan fingerprint density at radius 2 is 1.88 bits per heavy atom. The van der Waals surface area contributed by atoms with Gasteiger partial charge in [0.15, 0.2) is 33.1 Å². The Morgan fingerprint density at radius 1 is 1.08 bits per heavy atom. The third-order valence-corrected chi connectivity index (χ3v) is 10.8. The fourth-order valence-electron chi connectivity index (χ4n) is 6.25. The zero-order chi connectivity index (χ0) is 35.1. The standard InChI is InChI=1S/C35H37F2N5O6S/c1-34(2)17-47-18-35(3,22-7-5-6-21(14-22)8-11-29(43)44)33-40-32(42(4)41-33)25-15-23(9-10-26(25)36)48-31-24(12-13-49(45,46)19-34)30-28(16-27(31)37)38-20-39-30/h5-7,9-10,14-16,20H,8,11-13,17-19H2,1-4H3,(H,38,39)(H,43,44). The topological polar surface area (TPSA) is 149 Å². The molecule has 1 aliphatic heterocycles. The van der Waals surface area contributed by atoms with Crippen LogP contribution in [0.3, 0.4) is 0 Å². The van der Waals surface area contributed by atoms with E-state index >= 15 is 8.78 Å². The number of imidazole rings is 1. The highest BCUT2D eigenvalue weighted by molar-refractivity contribution is 7.91. The SMILES string of the molecule is Cn1nc2nc1-c1cc(ccc1F)Oc1c(F)cc3[nH]cnc3c1CCS(=O)(=O)CC(C)(C)COCC2(C)c1cccc(CCC(=O)O)c1. The van der Waals surface area contributed by atoms with Crippen LogP contribution < -0.4 is 4.74 Å². The highest BCUT2D eigenvalue weighted by atomic mass is 32.2. The molecule has 0 aliphatic carbocycles. The Hall–Kier alpha value is -4.69. The van der Waals surface area contributed by atoms with Crippen LogP contribution in [0.4, 0.5) is 8.78 Å². The molecule has 6 rings (SSSR count). The van der Waals surface area contributed by atoms with Crippen molar-refractivity contribution in [3.05, 3.63) is 89.0 Å². The molecule has 2 N–H and O–H groups in total. The molecule has 0 radical (unpaired) electrons. The highest BCUT2D eigenvalue weighted by Gasteiger charge is 2.37. The first kappa shape index (κ1) is 34.2. The summed E-state index contributed by atoms with van der Waals surface area (Å²) in [4.78, 5) is 23.2. The number of carboxylic acid groups (broad SMARTS) is 1. The van der Waals surface area contributed by atoms with Crippen molar-refractivity contribution in [2.24, 2.45) is 12.5 Å². The number of rotatable bonds is 4. The fourth-order valence-corrected chi connectivity index (χ4v) is 8.18. The van der Waals surface area contributed by atoms with E-state index in [2.05, 4.69) is 9.97 Å². The lowest BCUT2D eigenvalue weighted by Crippen LogP contribution is -2.36. The molecule has 1 atom stereocenters. The number of sulfone groups is 1. The Labute approximate surface area is 282 Å². The molecular weight excluding hydrogens is 656 g/mol. The minimum atomic E-state index is -3.70. The van der Waals surface area contributed by atoms with Gasteiger partial charge in [0, 0.05) is 30.5 Å². The Kier molecular flexibility index (Phi) is 9.05. The molecule has 3 aromatic carbocycles. The van der Waals surface area contributed by atoms with Gasteiger partial charge in [0.2, 0.25) is 0 Å². The fraction of sp³-hybridized carbons (Fsp3) is 0.371. The van der Waals surface area contributed by atoms with E-state index in [1.54, 1.807) is 20.9 Å². The number of carboxylic acids is 1. The van der Waals surface area contributed by atoms with E-state index in [9.17, 15) is 18.3 Å². The molecule has 11 nitrogen and oxygen atoms in total. The third-order valence-electron chi connectivity index (χ3n) is 8.72. The van der Waals surface area contributed by atoms with E-state index < -0.39 is 38.3 Å². The predicted molar refractivity (Wildman–Crippen MR) is 178 cm³/mol. The van der Waals surface area contributed by atoms with Gasteiger partial charge in [-0.2, -0.15) is 5.10 Å². The normalized spacial score (nSPS) is 19.4. The molecule has 5 aromatic rings. The van der Waals surface area contributed by atoms with Crippen molar-refractivity contribution in [3.8, 4) is 22.9 Å². The first-order chi connectivity index (χ1) is 23.1. The number of benzene rings is 3. The molecule has 2 aromatic heterocycles. The minimum absolute atomic E-state index is 0.0394. The van der Waals surface area contributed by atoms with Gasteiger partial charge in [-0.25, -0.2) is 31.8 Å². The number of aliphatic carboxylic acids is 1. The van der Waals surface area contributed by atoms with E-state index in [0.717, 1.165) is 11.1 Å². The van der Waals surface area contributed by atoms with Crippen LogP contribution in [0.1, 0.15) is 49.7 Å². The molecule has 0 saturated carbocycles. The van der Waals surface area contributed by atoms with Crippen molar-refractivity contribution in [1.29, 1.82) is 0 Å². The summed E-state index contributed by atoms with van der Waals surface area (Å²) in [7, 11) is -2.07. The summed E-state index contributed by atoms with van der Waals surface area (Å²) in [5, 5.41) is 13.9. The molecule has 0 saturated heterocycles. The molecule has 0 spiro atoms. The third kappa shape index (κ3) is 7.20. The van der Waals surface area contributed by atoms with Gasteiger partial charge < -0.3 is 19.6 Å². The van der Waals surface area contributed by atoms with Gasteiger partial charge >= 0.3 is 5.97 Å². The number of halogens is 2. The lowest BCUT2D eigenvalue weighted by molar-refractivity contribution is -0.136. The molecule has 258 valence electrons. The average molecular weight is 694 g/mol. The van der Waals surface area contributed by atoms with Gasteiger partial charge in [0.1, 0.15) is 11.6 Å². The zero-order valence-electron chi connectivity index (χ0n) is 27.6. The Balaban J connectivity index is 1.50. The Bertz CT molecular complexity index is 2160. The van der Waals surface area contributed by atoms with Crippen LogP contribution in [-0.4, -0.2) is 68.9 Å². The molecule has 4 bridgehead atoms. The van der Waals surface area contributed by atoms with Gasteiger partial charge in [-0.3, -0.25) is 4.79 Å². The average Bonchev–Trinajstić information content (AvgIpc) is 3.66. The number of hydrogen-bond acceptors (Lipinski definition) is 8. The number of H-pyrrole nitrogens is 1. The molecule has 14 heteroatoms. The van der Waals surface area contributed by atoms with Gasteiger partial charge in [0.25, 0.3) is 0 Å².